The van der Waals surface area contributed by atoms with Crippen LogP contribution in [0.4, 0.5) is 11.4 Å². The highest BCUT2D eigenvalue weighted by molar-refractivity contribution is 9.10. The van der Waals surface area contributed by atoms with E-state index in [1.165, 1.54) is 11.4 Å². The Labute approximate surface area is 127 Å². The first kappa shape index (κ1) is 14.9. The van der Waals surface area contributed by atoms with E-state index in [-0.39, 0.29) is 5.75 Å². The van der Waals surface area contributed by atoms with Crippen molar-refractivity contribution in [3.63, 3.8) is 0 Å². The van der Waals surface area contributed by atoms with Gasteiger partial charge in [0.15, 0.2) is 0 Å². The molecule has 2 rings (SSSR count). The number of halogens is 1. The van der Waals surface area contributed by atoms with Crippen molar-refractivity contribution in [1.29, 1.82) is 0 Å². The van der Waals surface area contributed by atoms with Crippen molar-refractivity contribution in [1.82, 2.24) is 0 Å². The van der Waals surface area contributed by atoms with E-state index < -0.39 is 10.0 Å². The zero-order valence-corrected chi connectivity index (χ0v) is 13.4. The van der Waals surface area contributed by atoms with Gasteiger partial charge in [-0.15, -0.1) is 0 Å². The van der Waals surface area contributed by atoms with E-state index in [0.29, 0.717) is 11.4 Å². The SMILES string of the molecule is CN(c1ccc(Br)cc1N)S(=O)(=O)Cc1ccccc1. The van der Waals surface area contributed by atoms with Crippen molar-refractivity contribution in [2.45, 2.75) is 5.75 Å². The van der Waals surface area contributed by atoms with Gasteiger partial charge in [0.25, 0.3) is 0 Å². The standard InChI is InChI=1S/C14H15BrN2O2S/c1-17(14-8-7-12(15)9-13(14)16)20(18,19)10-11-5-3-2-4-6-11/h2-9H,10,16H2,1H3. The molecule has 0 saturated heterocycles. The van der Waals surface area contributed by atoms with Crippen molar-refractivity contribution in [2.75, 3.05) is 17.1 Å². The van der Waals surface area contributed by atoms with Crippen LogP contribution in [0.3, 0.4) is 0 Å². The van der Waals surface area contributed by atoms with E-state index in [1.54, 1.807) is 30.3 Å². The number of benzene rings is 2. The van der Waals surface area contributed by atoms with Crippen LogP contribution in [0.2, 0.25) is 0 Å². The molecule has 0 bridgehead atoms. The summed E-state index contributed by atoms with van der Waals surface area (Å²) >= 11 is 3.30. The van der Waals surface area contributed by atoms with Gasteiger partial charge in [-0.3, -0.25) is 4.31 Å². The summed E-state index contributed by atoms with van der Waals surface area (Å²) in [7, 11) is -1.95. The highest BCUT2D eigenvalue weighted by Gasteiger charge is 2.20. The van der Waals surface area contributed by atoms with Gasteiger partial charge in [0, 0.05) is 11.5 Å². The molecule has 20 heavy (non-hydrogen) atoms. The van der Waals surface area contributed by atoms with Gasteiger partial charge in [-0.25, -0.2) is 8.42 Å². The molecule has 0 fully saturated rings. The summed E-state index contributed by atoms with van der Waals surface area (Å²) in [6, 6.07) is 14.2. The lowest BCUT2D eigenvalue weighted by Crippen LogP contribution is -2.28. The molecule has 0 spiro atoms. The zero-order chi connectivity index (χ0) is 14.8. The van der Waals surface area contributed by atoms with Crippen LogP contribution in [0, 0.1) is 0 Å². The third-order valence-electron chi connectivity index (χ3n) is 2.94. The Kier molecular flexibility index (Phi) is 4.35. The van der Waals surface area contributed by atoms with Gasteiger partial charge in [0.1, 0.15) is 0 Å². The fraction of sp³-hybridized carbons (Fsp3) is 0.143. The number of hydrogen-bond acceptors (Lipinski definition) is 3. The first-order chi connectivity index (χ1) is 9.40. The van der Waals surface area contributed by atoms with E-state index in [0.717, 1.165) is 10.0 Å². The molecule has 0 radical (unpaired) electrons. The molecule has 0 aliphatic carbocycles. The zero-order valence-electron chi connectivity index (χ0n) is 11.0. The lowest BCUT2D eigenvalue weighted by Gasteiger charge is -2.21. The van der Waals surface area contributed by atoms with Crippen LogP contribution in [-0.4, -0.2) is 15.5 Å². The predicted octanol–water partition coefficient (Wildman–Crippen LogP) is 3.00. The van der Waals surface area contributed by atoms with E-state index in [2.05, 4.69) is 15.9 Å². The summed E-state index contributed by atoms with van der Waals surface area (Å²) in [6.45, 7) is 0. The van der Waals surface area contributed by atoms with Crippen molar-refractivity contribution in [2.24, 2.45) is 0 Å². The molecule has 2 N–H and O–H groups in total. The van der Waals surface area contributed by atoms with Crippen LogP contribution in [0.5, 0.6) is 0 Å². The normalized spacial score (nSPS) is 11.3. The minimum Gasteiger partial charge on any atom is -0.397 e. The average molecular weight is 355 g/mol. The van der Waals surface area contributed by atoms with E-state index in [1.807, 2.05) is 18.2 Å². The van der Waals surface area contributed by atoms with Crippen LogP contribution in [0.25, 0.3) is 0 Å². The Morgan fingerprint density at radius 2 is 1.80 bits per heavy atom. The Morgan fingerprint density at radius 1 is 1.15 bits per heavy atom. The second-order valence-corrected chi connectivity index (χ2v) is 7.33. The summed E-state index contributed by atoms with van der Waals surface area (Å²) in [6.07, 6.45) is 0. The predicted molar refractivity (Wildman–Crippen MR) is 86.0 cm³/mol. The van der Waals surface area contributed by atoms with Crippen LogP contribution in [0.15, 0.2) is 53.0 Å². The first-order valence-corrected chi connectivity index (χ1v) is 8.36. The fourth-order valence-electron chi connectivity index (χ4n) is 1.84. The van der Waals surface area contributed by atoms with Crippen LogP contribution >= 0.6 is 15.9 Å². The summed E-state index contributed by atoms with van der Waals surface area (Å²) in [4.78, 5) is 0. The van der Waals surface area contributed by atoms with Crippen molar-refractivity contribution in [3.05, 3.63) is 58.6 Å². The quantitative estimate of drug-likeness (QED) is 0.858. The van der Waals surface area contributed by atoms with Gasteiger partial charge in [0.05, 0.1) is 17.1 Å². The highest BCUT2D eigenvalue weighted by atomic mass is 79.9. The molecule has 4 nitrogen and oxygen atoms in total. The number of sulfonamides is 1. The topological polar surface area (TPSA) is 63.4 Å². The lowest BCUT2D eigenvalue weighted by atomic mass is 10.2. The highest BCUT2D eigenvalue weighted by Crippen LogP contribution is 2.28. The summed E-state index contributed by atoms with van der Waals surface area (Å²) in [5, 5.41) is 0. The second kappa shape index (κ2) is 5.85. The number of hydrogen-bond donors (Lipinski definition) is 1. The van der Waals surface area contributed by atoms with Gasteiger partial charge in [-0.1, -0.05) is 46.3 Å². The van der Waals surface area contributed by atoms with Crippen molar-refractivity contribution < 1.29 is 8.42 Å². The Morgan fingerprint density at radius 3 is 2.40 bits per heavy atom. The Hall–Kier alpha value is -1.53. The minimum absolute atomic E-state index is 0.0557. The van der Waals surface area contributed by atoms with Gasteiger partial charge < -0.3 is 5.73 Å². The maximum atomic E-state index is 12.4. The number of anilines is 2. The Balaban J connectivity index is 2.29. The molecule has 6 heteroatoms. The van der Waals surface area contributed by atoms with E-state index in [9.17, 15) is 8.42 Å². The number of nitrogens with two attached hydrogens (primary N) is 1. The molecular formula is C14H15BrN2O2S. The van der Waals surface area contributed by atoms with Gasteiger partial charge in [-0.05, 0) is 23.8 Å². The van der Waals surface area contributed by atoms with E-state index in [4.69, 9.17) is 5.73 Å². The summed E-state index contributed by atoms with van der Waals surface area (Å²) < 4.78 is 26.8. The molecule has 0 saturated carbocycles. The third kappa shape index (κ3) is 3.32. The maximum absolute atomic E-state index is 12.4. The molecule has 106 valence electrons. The largest absolute Gasteiger partial charge is 0.397 e. The number of rotatable bonds is 4. The molecule has 0 aromatic heterocycles. The number of nitrogen functional groups attached to an aromatic ring is 1. The van der Waals surface area contributed by atoms with Crippen LogP contribution < -0.4 is 10.0 Å². The van der Waals surface area contributed by atoms with Gasteiger partial charge in [-0.2, -0.15) is 0 Å². The van der Waals surface area contributed by atoms with E-state index >= 15 is 0 Å². The molecule has 0 aliphatic heterocycles. The molecule has 0 aliphatic rings. The van der Waals surface area contributed by atoms with Crippen molar-refractivity contribution >= 4 is 37.3 Å². The molecule has 0 unspecified atom stereocenters. The van der Waals surface area contributed by atoms with Gasteiger partial charge >= 0.3 is 0 Å². The maximum Gasteiger partial charge on any atom is 0.239 e. The molecule has 0 amide bonds. The lowest BCUT2D eigenvalue weighted by molar-refractivity contribution is 0.593. The third-order valence-corrected chi connectivity index (χ3v) is 5.16. The number of nitrogens with zero attached hydrogens (tertiary/aromatic N) is 1. The Bertz CT molecular complexity index is 702. The fourth-order valence-corrected chi connectivity index (χ4v) is 3.50. The molecule has 0 atom stereocenters. The smallest absolute Gasteiger partial charge is 0.239 e. The molecule has 2 aromatic carbocycles. The summed E-state index contributed by atoms with van der Waals surface area (Å²) in [5.41, 5.74) is 7.51. The summed E-state index contributed by atoms with van der Waals surface area (Å²) in [5.74, 6) is -0.0557. The monoisotopic (exact) mass is 354 g/mol. The first-order valence-electron chi connectivity index (χ1n) is 5.96. The molecule has 0 heterocycles. The molecule has 2 aromatic rings. The average Bonchev–Trinajstić information content (AvgIpc) is 2.38. The second-order valence-electron chi connectivity index (χ2n) is 4.41. The van der Waals surface area contributed by atoms with Crippen molar-refractivity contribution in [3.8, 4) is 0 Å². The minimum atomic E-state index is -3.46. The van der Waals surface area contributed by atoms with Crippen LogP contribution in [0.1, 0.15) is 5.56 Å². The van der Waals surface area contributed by atoms with Crippen LogP contribution in [-0.2, 0) is 15.8 Å². The van der Waals surface area contributed by atoms with Gasteiger partial charge in [0.2, 0.25) is 10.0 Å². The molecular weight excluding hydrogens is 340 g/mol.